The van der Waals surface area contributed by atoms with Gasteiger partial charge >= 0.3 is 0 Å². The Hall–Kier alpha value is -0.0800. The fourth-order valence-corrected chi connectivity index (χ4v) is 3.50. The van der Waals surface area contributed by atoms with E-state index in [-0.39, 0.29) is 5.60 Å². The molecule has 0 N–H and O–H groups in total. The summed E-state index contributed by atoms with van der Waals surface area (Å²) >= 11 is 0. The molecule has 92 valence electrons. The number of likely N-dealkylation sites (tertiary alicyclic amines) is 1. The van der Waals surface area contributed by atoms with E-state index >= 15 is 0 Å². The van der Waals surface area contributed by atoms with Crippen LogP contribution in [0.2, 0.25) is 0 Å². The zero-order valence-corrected chi connectivity index (χ0v) is 11.0. The van der Waals surface area contributed by atoms with Crippen molar-refractivity contribution in [3.63, 3.8) is 0 Å². The predicted octanol–water partition coefficient (Wildman–Crippen LogP) is 2.82. The number of ether oxygens (including phenoxy) is 1. The fraction of sp³-hybridized carbons (Fsp3) is 1.00. The molecule has 2 heteroatoms. The lowest BCUT2D eigenvalue weighted by atomic mass is 9.62. The van der Waals surface area contributed by atoms with Crippen LogP contribution < -0.4 is 0 Å². The SMILES string of the molecule is CC(C)(C)OC1CC(N2CC3(CCC3)C2)C1. The summed E-state index contributed by atoms with van der Waals surface area (Å²) in [5.74, 6) is 0. The van der Waals surface area contributed by atoms with E-state index < -0.39 is 0 Å². The Labute approximate surface area is 99.3 Å². The van der Waals surface area contributed by atoms with Gasteiger partial charge in [0.05, 0.1) is 11.7 Å². The largest absolute Gasteiger partial charge is 0.373 e. The molecule has 0 aromatic rings. The van der Waals surface area contributed by atoms with Gasteiger partial charge in [-0.15, -0.1) is 0 Å². The molecule has 3 aliphatic rings. The van der Waals surface area contributed by atoms with Crippen molar-refractivity contribution in [2.75, 3.05) is 13.1 Å². The Kier molecular flexibility index (Phi) is 2.38. The lowest BCUT2D eigenvalue weighted by molar-refractivity contribution is -0.160. The van der Waals surface area contributed by atoms with Gasteiger partial charge in [-0.1, -0.05) is 6.42 Å². The molecular formula is C14H25NO. The van der Waals surface area contributed by atoms with Gasteiger partial charge in [-0.05, 0) is 51.9 Å². The normalized spacial score (nSPS) is 37.7. The van der Waals surface area contributed by atoms with Crippen molar-refractivity contribution in [1.82, 2.24) is 4.90 Å². The summed E-state index contributed by atoms with van der Waals surface area (Å²) in [6.07, 6.45) is 7.55. The van der Waals surface area contributed by atoms with Gasteiger partial charge in [0.2, 0.25) is 0 Å². The Morgan fingerprint density at radius 1 is 1.12 bits per heavy atom. The quantitative estimate of drug-likeness (QED) is 0.714. The van der Waals surface area contributed by atoms with Crippen LogP contribution in [-0.2, 0) is 4.74 Å². The average Bonchev–Trinajstić information content (AvgIpc) is 1.90. The molecule has 1 aliphatic heterocycles. The zero-order chi connectivity index (χ0) is 11.4. The Bertz CT molecular complexity index is 263. The van der Waals surface area contributed by atoms with E-state index in [4.69, 9.17) is 4.74 Å². The van der Waals surface area contributed by atoms with Crippen LogP contribution in [0, 0.1) is 5.41 Å². The minimum atomic E-state index is 0.0414. The lowest BCUT2D eigenvalue weighted by Crippen LogP contribution is -2.65. The number of nitrogens with zero attached hydrogens (tertiary/aromatic N) is 1. The molecule has 0 atom stereocenters. The van der Waals surface area contributed by atoms with Gasteiger partial charge in [0.1, 0.15) is 0 Å². The molecular weight excluding hydrogens is 198 g/mol. The van der Waals surface area contributed by atoms with Crippen LogP contribution in [0.25, 0.3) is 0 Å². The van der Waals surface area contributed by atoms with Crippen molar-refractivity contribution in [2.45, 2.75) is 70.6 Å². The molecule has 1 heterocycles. The van der Waals surface area contributed by atoms with Crippen LogP contribution in [0.3, 0.4) is 0 Å². The topological polar surface area (TPSA) is 12.5 Å². The zero-order valence-electron chi connectivity index (χ0n) is 11.0. The van der Waals surface area contributed by atoms with Crippen molar-refractivity contribution in [3.05, 3.63) is 0 Å². The number of hydrogen-bond donors (Lipinski definition) is 0. The third-order valence-corrected chi connectivity index (χ3v) is 4.60. The highest BCUT2D eigenvalue weighted by Crippen LogP contribution is 2.50. The average molecular weight is 223 g/mol. The highest BCUT2D eigenvalue weighted by molar-refractivity contribution is 5.05. The third-order valence-electron chi connectivity index (χ3n) is 4.60. The predicted molar refractivity (Wildman–Crippen MR) is 65.5 cm³/mol. The lowest BCUT2D eigenvalue weighted by Gasteiger charge is -2.61. The van der Waals surface area contributed by atoms with E-state index in [0.717, 1.165) is 11.5 Å². The van der Waals surface area contributed by atoms with Crippen LogP contribution in [0.1, 0.15) is 52.9 Å². The van der Waals surface area contributed by atoms with E-state index in [9.17, 15) is 0 Å². The summed E-state index contributed by atoms with van der Waals surface area (Å²) in [6, 6.07) is 0.846. The molecule has 16 heavy (non-hydrogen) atoms. The van der Waals surface area contributed by atoms with Crippen molar-refractivity contribution in [1.29, 1.82) is 0 Å². The molecule has 0 amide bonds. The van der Waals surface area contributed by atoms with Gasteiger partial charge in [0, 0.05) is 19.1 Å². The minimum Gasteiger partial charge on any atom is -0.373 e. The van der Waals surface area contributed by atoms with E-state index in [1.807, 2.05) is 0 Å². The summed E-state index contributed by atoms with van der Waals surface area (Å²) < 4.78 is 5.99. The summed E-state index contributed by atoms with van der Waals surface area (Å²) in [5.41, 5.74) is 0.829. The molecule has 0 unspecified atom stereocenters. The number of hydrogen-bond acceptors (Lipinski definition) is 2. The first-order valence-electron chi connectivity index (χ1n) is 6.88. The first kappa shape index (κ1) is 11.0. The molecule has 1 spiro atoms. The van der Waals surface area contributed by atoms with Crippen LogP contribution in [0.4, 0.5) is 0 Å². The second kappa shape index (κ2) is 3.46. The number of rotatable bonds is 2. The second-order valence-corrected chi connectivity index (χ2v) is 7.24. The molecule has 3 fully saturated rings. The molecule has 0 radical (unpaired) electrons. The summed E-state index contributed by atoms with van der Waals surface area (Å²) in [6.45, 7) is 9.26. The maximum atomic E-state index is 5.99. The molecule has 2 aliphatic carbocycles. The second-order valence-electron chi connectivity index (χ2n) is 7.24. The molecule has 0 bridgehead atoms. The Balaban J connectivity index is 1.39. The highest BCUT2D eigenvalue weighted by Gasteiger charge is 2.51. The van der Waals surface area contributed by atoms with Gasteiger partial charge in [-0.25, -0.2) is 0 Å². The van der Waals surface area contributed by atoms with Crippen molar-refractivity contribution >= 4 is 0 Å². The van der Waals surface area contributed by atoms with Crippen LogP contribution in [0.5, 0.6) is 0 Å². The summed E-state index contributed by atoms with van der Waals surface area (Å²) in [5, 5.41) is 0. The first-order chi connectivity index (χ1) is 7.46. The van der Waals surface area contributed by atoms with E-state index in [1.165, 1.54) is 45.2 Å². The fourth-order valence-electron chi connectivity index (χ4n) is 3.50. The van der Waals surface area contributed by atoms with Crippen LogP contribution in [0.15, 0.2) is 0 Å². The van der Waals surface area contributed by atoms with Crippen LogP contribution in [-0.4, -0.2) is 35.7 Å². The van der Waals surface area contributed by atoms with Gasteiger partial charge in [-0.2, -0.15) is 0 Å². The molecule has 3 rings (SSSR count). The van der Waals surface area contributed by atoms with Gasteiger partial charge in [0.25, 0.3) is 0 Å². The maximum Gasteiger partial charge on any atom is 0.0612 e. The van der Waals surface area contributed by atoms with Crippen molar-refractivity contribution in [3.8, 4) is 0 Å². The molecule has 2 nitrogen and oxygen atoms in total. The molecule has 0 aromatic carbocycles. The highest BCUT2D eigenvalue weighted by atomic mass is 16.5. The van der Waals surface area contributed by atoms with Crippen molar-refractivity contribution in [2.24, 2.45) is 5.41 Å². The minimum absolute atomic E-state index is 0.0414. The first-order valence-corrected chi connectivity index (χ1v) is 6.88. The van der Waals surface area contributed by atoms with Crippen LogP contribution >= 0.6 is 0 Å². The van der Waals surface area contributed by atoms with E-state index in [2.05, 4.69) is 25.7 Å². The van der Waals surface area contributed by atoms with Crippen molar-refractivity contribution < 1.29 is 4.74 Å². The summed E-state index contributed by atoms with van der Waals surface area (Å²) in [4.78, 5) is 2.70. The maximum absolute atomic E-state index is 5.99. The standard InChI is InChI=1S/C14H25NO/c1-13(2,3)16-12-7-11(8-12)15-9-14(10-15)5-4-6-14/h11-12H,4-10H2,1-3H3. The Morgan fingerprint density at radius 3 is 2.19 bits per heavy atom. The van der Waals surface area contributed by atoms with E-state index in [0.29, 0.717) is 6.10 Å². The Morgan fingerprint density at radius 2 is 1.75 bits per heavy atom. The van der Waals surface area contributed by atoms with Gasteiger partial charge in [0.15, 0.2) is 0 Å². The van der Waals surface area contributed by atoms with E-state index in [1.54, 1.807) is 0 Å². The monoisotopic (exact) mass is 223 g/mol. The molecule has 2 saturated carbocycles. The molecule has 0 aromatic heterocycles. The summed E-state index contributed by atoms with van der Waals surface area (Å²) in [7, 11) is 0. The molecule has 1 saturated heterocycles. The van der Waals surface area contributed by atoms with Gasteiger partial charge in [-0.3, -0.25) is 4.90 Å². The third kappa shape index (κ3) is 1.91. The smallest absolute Gasteiger partial charge is 0.0612 e. The van der Waals surface area contributed by atoms with Gasteiger partial charge < -0.3 is 4.74 Å².